The zero-order valence-electron chi connectivity index (χ0n) is 11.2. The third-order valence-corrected chi connectivity index (χ3v) is 2.81. The number of benzene rings is 2. The van der Waals surface area contributed by atoms with Crippen molar-refractivity contribution < 1.29 is 13.9 Å². The third kappa shape index (κ3) is 3.57. The van der Waals surface area contributed by atoms with Crippen LogP contribution in [-0.4, -0.2) is 12.0 Å². The van der Waals surface area contributed by atoms with E-state index in [2.05, 4.69) is 5.32 Å². The van der Waals surface area contributed by atoms with Crippen molar-refractivity contribution in [2.45, 2.75) is 19.4 Å². The van der Waals surface area contributed by atoms with Crippen LogP contribution < -0.4 is 10.1 Å². The van der Waals surface area contributed by atoms with Gasteiger partial charge >= 0.3 is 0 Å². The van der Waals surface area contributed by atoms with Crippen molar-refractivity contribution in [1.82, 2.24) is 0 Å². The van der Waals surface area contributed by atoms with Gasteiger partial charge in [-0.2, -0.15) is 0 Å². The number of hydrogen-bond acceptors (Lipinski definition) is 2. The predicted molar refractivity (Wildman–Crippen MR) is 76.2 cm³/mol. The normalized spacial score (nSPS) is 11.7. The minimum Gasteiger partial charge on any atom is -0.478 e. The van der Waals surface area contributed by atoms with Crippen LogP contribution in [0.1, 0.15) is 13.3 Å². The Bertz CT molecular complexity index is 572. The Morgan fingerprint density at radius 2 is 1.80 bits per heavy atom. The minimum absolute atomic E-state index is 0.0857. The SMILES string of the molecule is CC[C@H](Oc1ccccc1F)C(=O)Nc1ccccc1. The molecule has 1 N–H and O–H groups in total. The van der Waals surface area contributed by atoms with E-state index in [1.54, 1.807) is 24.3 Å². The topological polar surface area (TPSA) is 38.3 Å². The zero-order valence-corrected chi connectivity index (χ0v) is 11.2. The van der Waals surface area contributed by atoms with Gasteiger partial charge in [-0.25, -0.2) is 4.39 Å². The van der Waals surface area contributed by atoms with E-state index in [1.807, 2.05) is 25.1 Å². The monoisotopic (exact) mass is 273 g/mol. The second kappa shape index (κ2) is 6.70. The zero-order chi connectivity index (χ0) is 14.4. The van der Waals surface area contributed by atoms with Crippen LogP contribution in [0.3, 0.4) is 0 Å². The summed E-state index contributed by atoms with van der Waals surface area (Å²) in [6, 6.07) is 15.1. The summed E-state index contributed by atoms with van der Waals surface area (Å²) in [4.78, 5) is 12.1. The highest BCUT2D eigenvalue weighted by Crippen LogP contribution is 2.18. The first-order valence-corrected chi connectivity index (χ1v) is 6.47. The van der Waals surface area contributed by atoms with Crippen LogP contribution in [0.15, 0.2) is 54.6 Å². The second-order valence-corrected chi connectivity index (χ2v) is 4.30. The van der Waals surface area contributed by atoms with E-state index in [4.69, 9.17) is 4.74 Å². The molecule has 0 fully saturated rings. The molecular formula is C16H16FNO2. The lowest BCUT2D eigenvalue weighted by Crippen LogP contribution is -2.32. The predicted octanol–water partition coefficient (Wildman–Crippen LogP) is 3.62. The first-order chi connectivity index (χ1) is 9.70. The minimum atomic E-state index is -0.730. The maximum absolute atomic E-state index is 13.5. The van der Waals surface area contributed by atoms with Gasteiger partial charge < -0.3 is 10.1 Å². The van der Waals surface area contributed by atoms with E-state index in [0.29, 0.717) is 12.1 Å². The van der Waals surface area contributed by atoms with E-state index in [-0.39, 0.29) is 11.7 Å². The van der Waals surface area contributed by atoms with E-state index in [0.717, 1.165) is 0 Å². The highest BCUT2D eigenvalue weighted by atomic mass is 19.1. The molecule has 0 bridgehead atoms. The molecule has 0 spiro atoms. The number of rotatable bonds is 5. The number of hydrogen-bond donors (Lipinski definition) is 1. The van der Waals surface area contributed by atoms with Gasteiger partial charge in [-0.15, -0.1) is 0 Å². The van der Waals surface area contributed by atoms with Crippen molar-refractivity contribution >= 4 is 11.6 Å². The fraction of sp³-hybridized carbons (Fsp3) is 0.188. The van der Waals surface area contributed by atoms with Crippen LogP contribution in [0.4, 0.5) is 10.1 Å². The summed E-state index contributed by atoms with van der Waals surface area (Å²) in [6.07, 6.45) is -0.278. The van der Waals surface area contributed by atoms with Crippen LogP contribution >= 0.6 is 0 Å². The molecule has 0 heterocycles. The van der Waals surface area contributed by atoms with Crippen LogP contribution in [0.25, 0.3) is 0 Å². The standard InChI is InChI=1S/C16H16FNO2/c1-2-14(20-15-11-7-6-10-13(15)17)16(19)18-12-8-4-3-5-9-12/h3-11,14H,2H2,1H3,(H,18,19)/t14-/m0/s1. The van der Waals surface area contributed by atoms with Crippen molar-refractivity contribution in [2.75, 3.05) is 5.32 Å². The summed E-state index contributed by atoms with van der Waals surface area (Å²) in [7, 11) is 0. The maximum atomic E-state index is 13.5. The quantitative estimate of drug-likeness (QED) is 0.903. The van der Waals surface area contributed by atoms with Gasteiger partial charge in [-0.3, -0.25) is 4.79 Å². The molecule has 1 atom stereocenters. The third-order valence-electron chi connectivity index (χ3n) is 2.81. The Balaban J connectivity index is 2.05. The van der Waals surface area contributed by atoms with Gasteiger partial charge in [-0.1, -0.05) is 37.3 Å². The molecule has 0 unspecified atom stereocenters. The molecule has 0 aliphatic rings. The van der Waals surface area contributed by atoms with Crippen molar-refractivity contribution in [3.8, 4) is 5.75 Å². The highest BCUT2D eigenvalue weighted by Gasteiger charge is 2.19. The molecule has 2 aromatic rings. The summed E-state index contributed by atoms with van der Waals surface area (Å²) >= 11 is 0. The molecule has 4 heteroatoms. The number of carbonyl (C=O) groups is 1. The first kappa shape index (κ1) is 14.1. The number of carbonyl (C=O) groups excluding carboxylic acids is 1. The summed E-state index contributed by atoms with van der Waals surface area (Å²) in [5, 5.41) is 2.75. The molecule has 0 radical (unpaired) electrons. The molecule has 20 heavy (non-hydrogen) atoms. The van der Waals surface area contributed by atoms with Gasteiger partial charge in [0.05, 0.1) is 0 Å². The summed E-state index contributed by atoms with van der Waals surface area (Å²) in [5.74, 6) is -0.678. The van der Waals surface area contributed by atoms with Gasteiger partial charge in [0.25, 0.3) is 5.91 Å². The van der Waals surface area contributed by atoms with E-state index >= 15 is 0 Å². The van der Waals surface area contributed by atoms with E-state index < -0.39 is 11.9 Å². The molecule has 0 aliphatic heterocycles. The fourth-order valence-corrected chi connectivity index (χ4v) is 1.76. The second-order valence-electron chi connectivity index (χ2n) is 4.30. The van der Waals surface area contributed by atoms with Gasteiger partial charge in [0, 0.05) is 5.69 Å². The molecule has 3 nitrogen and oxygen atoms in total. The number of nitrogens with one attached hydrogen (secondary N) is 1. The van der Waals surface area contributed by atoms with Crippen molar-refractivity contribution in [3.63, 3.8) is 0 Å². The highest BCUT2D eigenvalue weighted by molar-refractivity contribution is 5.94. The lowest BCUT2D eigenvalue weighted by molar-refractivity contribution is -0.122. The Morgan fingerprint density at radius 3 is 2.45 bits per heavy atom. The molecule has 0 aliphatic carbocycles. The smallest absolute Gasteiger partial charge is 0.265 e. The Hall–Kier alpha value is -2.36. The summed E-state index contributed by atoms with van der Waals surface area (Å²) < 4.78 is 19.0. The van der Waals surface area contributed by atoms with Crippen molar-refractivity contribution in [2.24, 2.45) is 0 Å². The number of halogens is 1. The average Bonchev–Trinajstić information content (AvgIpc) is 2.47. The Labute approximate surface area is 117 Å². The van der Waals surface area contributed by atoms with Crippen LogP contribution in [-0.2, 0) is 4.79 Å². The van der Waals surface area contributed by atoms with E-state index in [9.17, 15) is 9.18 Å². The molecule has 0 saturated carbocycles. The maximum Gasteiger partial charge on any atom is 0.265 e. The Morgan fingerprint density at radius 1 is 1.15 bits per heavy atom. The van der Waals surface area contributed by atoms with Crippen LogP contribution in [0.5, 0.6) is 5.75 Å². The number of anilines is 1. The van der Waals surface area contributed by atoms with Crippen molar-refractivity contribution in [3.05, 3.63) is 60.4 Å². The Kier molecular flexibility index (Phi) is 4.71. The largest absolute Gasteiger partial charge is 0.478 e. The van der Waals surface area contributed by atoms with Gasteiger partial charge in [0.15, 0.2) is 17.7 Å². The van der Waals surface area contributed by atoms with Gasteiger partial charge in [0.1, 0.15) is 0 Å². The van der Waals surface area contributed by atoms with Crippen LogP contribution in [0, 0.1) is 5.82 Å². The average molecular weight is 273 g/mol. The van der Waals surface area contributed by atoms with Crippen LogP contribution in [0.2, 0.25) is 0 Å². The van der Waals surface area contributed by atoms with Gasteiger partial charge in [0.2, 0.25) is 0 Å². The van der Waals surface area contributed by atoms with E-state index in [1.165, 1.54) is 12.1 Å². The fourth-order valence-electron chi connectivity index (χ4n) is 1.76. The molecule has 0 saturated heterocycles. The van der Waals surface area contributed by atoms with Gasteiger partial charge in [-0.05, 0) is 30.7 Å². The molecule has 104 valence electrons. The lowest BCUT2D eigenvalue weighted by Gasteiger charge is -2.17. The molecule has 0 aromatic heterocycles. The molecule has 2 aromatic carbocycles. The number of amides is 1. The number of ether oxygens (including phenoxy) is 1. The molecule has 1 amide bonds. The summed E-state index contributed by atoms with van der Waals surface area (Å²) in [6.45, 7) is 1.82. The lowest BCUT2D eigenvalue weighted by atomic mass is 10.2. The number of para-hydroxylation sites is 2. The summed E-state index contributed by atoms with van der Waals surface area (Å²) in [5.41, 5.74) is 0.688. The molecular weight excluding hydrogens is 257 g/mol. The first-order valence-electron chi connectivity index (χ1n) is 6.47. The molecule has 2 rings (SSSR count). The van der Waals surface area contributed by atoms with Crippen molar-refractivity contribution in [1.29, 1.82) is 0 Å².